The second-order valence-corrected chi connectivity index (χ2v) is 8.94. The van der Waals surface area contributed by atoms with Crippen molar-refractivity contribution in [3.8, 4) is 0 Å². The van der Waals surface area contributed by atoms with Gasteiger partial charge in [0, 0.05) is 34.5 Å². The Balaban J connectivity index is 0.000000628. The molecular weight excluding hydrogens is 488 g/mol. The number of nitrogens with two attached hydrogens (primary N) is 1. The van der Waals surface area contributed by atoms with E-state index in [0.29, 0.717) is 6.54 Å². The Kier molecular flexibility index (Phi) is 19.4. The van der Waals surface area contributed by atoms with Gasteiger partial charge in [-0.3, -0.25) is 4.98 Å². The van der Waals surface area contributed by atoms with Crippen LogP contribution in [0.5, 0.6) is 0 Å². The molecule has 3 N–H and O–H groups in total. The van der Waals surface area contributed by atoms with Crippen molar-refractivity contribution in [3.63, 3.8) is 0 Å². The molecule has 1 aliphatic rings. The number of benzene rings is 1. The maximum Gasteiger partial charge on any atom is 0.126 e. The van der Waals surface area contributed by atoms with Gasteiger partial charge in [0.05, 0.1) is 11.4 Å². The van der Waals surface area contributed by atoms with Crippen LogP contribution in [0.4, 0.5) is 0 Å². The van der Waals surface area contributed by atoms with Crippen molar-refractivity contribution in [2.24, 2.45) is 16.6 Å². The number of carbonyl (C=O) groups is 1. The summed E-state index contributed by atoms with van der Waals surface area (Å²) in [5.41, 5.74) is 11.6. The molecule has 0 bridgehead atoms. The minimum Gasteiger partial charge on any atom is -0.330 e. The van der Waals surface area contributed by atoms with Gasteiger partial charge in [-0.25, -0.2) is 4.99 Å². The van der Waals surface area contributed by atoms with Crippen molar-refractivity contribution >= 4 is 30.0 Å². The molecule has 2 aromatic rings. The number of aryl methyl sites for hydroxylation is 1. The average molecular weight is 531 g/mol. The molecule has 0 aliphatic carbocycles. The predicted molar refractivity (Wildman–Crippen MR) is 167 cm³/mol. The molecule has 5 nitrogen and oxygen atoms in total. The molecule has 0 amide bonds. The second-order valence-electron chi connectivity index (χ2n) is 8.03. The molecule has 0 radical (unpaired) electrons. The first-order chi connectivity index (χ1) is 18.3. The van der Waals surface area contributed by atoms with Crippen LogP contribution in [0, 0.1) is 18.3 Å². The molecule has 0 fully saturated rings. The van der Waals surface area contributed by atoms with Crippen LogP contribution in [0.1, 0.15) is 50.4 Å². The lowest BCUT2D eigenvalue weighted by molar-refractivity contribution is -0.109. The molecule has 0 saturated carbocycles. The summed E-state index contributed by atoms with van der Waals surface area (Å²) in [6.07, 6.45) is 12.6. The number of aliphatic imine (C=N–C) groups is 1. The minimum absolute atomic E-state index is 0.0880. The van der Waals surface area contributed by atoms with Gasteiger partial charge in [-0.2, -0.15) is 0 Å². The zero-order chi connectivity index (χ0) is 28.8. The Bertz CT molecular complexity index is 1130. The van der Waals surface area contributed by atoms with Crippen LogP contribution < -0.4 is 5.73 Å². The summed E-state index contributed by atoms with van der Waals surface area (Å²) in [6.45, 7) is 19.1. The first-order valence-corrected chi connectivity index (χ1v) is 13.4. The summed E-state index contributed by atoms with van der Waals surface area (Å²) in [5.74, 6) is 0.0880. The van der Waals surface area contributed by atoms with Crippen molar-refractivity contribution in [2.75, 3.05) is 6.54 Å². The molecule has 1 unspecified atom stereocenters. The van der Waals surface area contributed by atoms with Gasteiger partial charge in [-0.15, -0.1) is 0 Å². The van der Waals surface area contributed by atoms with Crippen molar-refractivity contribution < 1.29 is 4.79 Å². The van der Waals surface area contributed by atoms with Crippen molar-refractivity contribution in [3.05, 3.63) is 120 Å². The molecule has 1 atom stereocenters. The SMILES string of the molecule is C/C=C\C(C)C=O.C=CC(=C)CCN.C=CC=N.CCC1=CSc2ccccc2C(c2ncccc2C)=N1. The third-order valence-electron chi connectivity index (χ3n) is 4.90. The van der Waals surface area contributed by atoms with E-state index in [2.05, 4.69) is 74.3 Å². The largest absolute Gasteiger partial charge is 0.330 e. The van der Waals surface area contributed by atoms with E-state index in [9.17, 15) is 4.79 Å². The van der Waals surface area contributed by atoms with Gasteiger partial charge >= 0.3 is 0 Å². The molecule has 202 valence electrons. The minimum atomic E-state index is 0.0880. The van der Waals surface area contributed by atoms with Crippen LogP contribution in [0.2, 0.25) is 0 Å². The van der Waals surface area contributed by atoms with E-state index in [1.165, 1.54) is 16.5 Å². The zero-order valence-electron chi connectivity index (χ0n) is 23.2. The number of pyridine rings is 1. The molecule has 0 saturated heterocycles. The first kappa shape index (κ1) is 34.4. The van der Waals surface area contributed by atoms with E-state index in [0.717, 1.165) is 53.6 Å². The summed E-state index contributed by atoms with van der Waals surface area (Å²) in [4.78, 5) is 20.5. The lowest BCUT2D eigenvalue weighted by Crippen LogP contribution is -2.09. The highest BCUT2D eigenvalue weighted by Crippen LogP contribution is 2.31. The van der Waals surface area contributed by atoms with E-state index in [1.807, 2.05) is 38.3 Å². The van der Waals surface area contributed by atoms with Crippen LogP contribution in [-0.4, -0.2) is 29.7 Å². The van der Waals surface area contributed by atoms with Crippen molar-refractivity contribution in [1.82, 2.24) is 4.98 Å². The van der Waals surface area contributed by atoms with Gasteiger partial charge in [0.2, 0.25) is 0 Å². The fraction of sp³-hybridized carbons (Fsp3) is 0.250. The molecule has 2 heterocycles. The van der Waals surface area contributed by atoms with Crippen molar-refractivity contribution in [2.45, 2.75) is 45.4 Å². The molecule has 0 spiro atoms. The highest BCUT2D eigenvalue weighted by Gasteiger charge is 2.17. The number of aromatic nitrogens is 1. The number of carbonyl (C=O) groups excluding carboxylic acids is 1. The standard InChI is InChI=1S/C17H16N2S.C6H11N.C6H10O.C3H5N/c1-3-13-11-20-15-9-5-4-8-14(15)17(19-13)16-12(2)7-6-10-18-16;1-3-6(2)4-5-7;1-3-4-6(2)5-7;1-2-3-4/h4-11H,3H2,1-2H3;3H,1-2,4-5,7H2;3-6H,1-2H3;2-4H,1H2/b;;4-3-;. The normalized spacial score (nSPS) is 12.1. The molecule has 6 heteroatoms. The number of hydrogen-bond acceptors (Lipinski definition) is 6. The summed E-state index contributed by atoms with van der Waals surface area (Å²) < 4.78 is 0. The number of nitrogens with zero attached hydrogens (tertiary/aromatic N) is 2. The topological polar surface area (TPSA) is 92.2 Å². The quantitative estimate of drug-likeness (QED) is 0.157. The molecule has 1 aromatic heterocycles. The Morgan fingerprint density at radius 1 is 1.21 bits per heavy atom. The smallest absolute Gasteiger partial charge is 0.126 e. The number of hydrogen-bond donors (Lipinski definition) is 2. The maximum absolute atomic E-state index is 9.84. The number of fused-ring (bicyclic) bond motifs is 1. The van der Waals surface area contributed by atoms with Crippen LogP contribution in [0.25, 0.3) is 0 Å². The van der Waals surface area contributed by atoms with E-state index >= 15 is 0 Å². The van der Waals surface area contributed by atoms with Crippen LogP contribution >= 0.6 is 11.8 Å². The number of thioether (sulfide) groups is 1. The third kappa shape index (κ3) is 13.6. The van der Waals surface area contributed by atoms with E-state index in [4.69, 9.17) is 16.1 Å². The maximum atomic E-state index is 9.84. The average Bonchev–Trinajstić information content (AvgIpc) is 3.14. The van der Waals surface area contributed by atoms with E-state index < -0.39 is 0 Å². The second kappa shape index (κ2) is 21.5. The van der Waals surface area contributed by atoms with Crippen molar-refractivity contribution in [1.29, 1.82) is 5.41 Å². The van der Waals surface area contributed by atoms with E-state index in [-0.39, 0.29) is 5.92 Å². The third-order valence-corrected chi connectivity index (χ3v) is 5.90. The number of nitrogens with one attached hydrogen (secondary N) is 1. The van der Waals surface area contributed by atoms with Crippen LogP contribution in [0.3, 0.4) is 0 Å². The van der Waals surface area contributed by atoms with Gasteiger partial charge in [-0.05, 0) is 56.3 Å². The summed E-state index contributed by atoms with van der Waals surface area (Å²) in [5, 5.41) is 8.35. The Morgan fingerprint density at radius 2 is 1.89 bits per heavy atom. The fourth-order valence-electron chi connectivity index (χ4n) is 2.84. The van der Waals surface area contributed by atoms with Crippen LogP contribution in [0.15, 0.2) is 113 Å². The summed E-state index contributed by atoms with van der Waals surface area (Å²) >= 11 is 1.74. The molecule has 1 aromatic carbocycles. The van der Waals surface area contributed by atoms with Crippen LogP contribution in [-0.2, 0) is 4.79 Å². The Hall–Kier alpha value is -3.61. The van der Waals surface area contributed by atoms with E-state index in [1.54, 1.807) is 17.8 Å². The lowest BCUT2D eigenvalue weighted by atomic mass is 10.0. The van der Waals surface area contributed by atoms with Gasteiger partial charge < -0.3 is 15.9 Å². The lowest BCUT2D eigenvalue weighted by Gasteiger charge is -2.10. The summed E-state index contributed by atoms with van der Waals surface area (Å²) in [7, 11) is 0. The van der Waals surface area contributed by atoms with Gasteiger partial charge in [0.25, 0.3) is 0 Å². The zero-order valence-corrected chi connectivity index (χ0v) is 24.0. The highest BCUT2D eigenvalue weighted by atomic mass is 32.2. The number of rotatable bonds is 8. The molecular formula is C32H42N4OS. The molecule has 38 heavy (non-hydrogen) atoms. The van der Waals surface area contributed by atoms with Gasteiger partial charge in [0.15, 0.2) is 0 Å². The molecule has 3 rings (SSSR count). The van der Waals surface area contributed by atoms with Gasteiger partial charge in [-0.1, -0.05) is 99.5 Å². The summed E-state index contributed by atoms with van der Waals surface area (Å²) in [6, 6.07) is 12.4. The van der Waals surface area contributed by atoms with Gasteiger partial charge in [0.1, 0.15) is 6.29 Å². The number of allylic oxidation sites excluding steroid dienone is 5. The Labute approximate surface area is 233 Å². The molecule has 1 aliphatic heterocycles. The number of aldehydes is 1. The Morgan fingerprint density at radius 3 is 2.37 bits per heavy atom. The monoisotopic (exact) mass is 530 g/mol. The predicted octanol–water partition coefficient (Wildman–Crippen LogP) is 7.88. The first-order valence-electron chi connectivity index (χ1n) is 12.5. The fourth-order valence-corrected chi connectivity index (χ4v) is 3.77. The highest BCUT2D eigenvalue weighted by molar-refractivity contribution is 8.02.